The number of carbonyl (C=O) groups excluding carboxylic acids is 2. The molecule has 0 aliphatic heterocycles. The zero-order valence-electron chi connectivity index (χ0n) is 17.2. The summed E-state index contributed by atoms with van der Waals surface area (Å²) in [7, 11) is 0. The fourth-order valence-corrected chi connectivity index (χ4v) is 4.17. The number of rotatable bonds is 6. The predicted molar refractivity (Wildman–Crippen MR) is 119 cm³/mol. The van der Waals surface area contributed by atoms with Gasteiger partial charge in [0.1, 0.15) is 23.9 Å². The van der Waals surface area contributed by atoms with Crippen LogP contribution in [0.1, 0.15) is 17.3 Å². The molecule has 3 aromatic carbocycles. The number of hydrogen-bond acceptors (Lipinski definition) is 5. The number of hydrogen-bond donors (Lipinski definition) is 0. The molecule has 8 heteroatoms. The quantitative estimate of drug-likeness (QED) is 0.390. The molecule has 32 heavy (non-hydrogen) atoms. The molecule has 0 N–H and O–H groups in total. The highest BCUT2D eigenvalue weighted by molar-refractivity contribution is 7.16. The van der Waals surface area contributed by atoms with Crippen LogP contribution in [0.5, 0.6) is 11.5 Å². The molecule has 4 rings (SSSR count). The number of fused-ring (bicyclic) bond motifs is 1. The van der Waals surface area contributed by atoms with Crippen molar-refractivity contribution >= 4 is 33.4 Å². The zero-order valence-corrected chi connectivity index (χ0v) is 18.0. The second-order valence-corrected chi connectivity index (χ2v) is 7.73. The molecule has 0 aliphatic carbocycles. The Morgan fingerprint density at radius 3 is 2.56 bits per heavy atom. The lowest BCUT2D eigenvalue weighted by molar-refractivity contribution is -0.143. The number of thiazole rings is 1. The highest BCUT2D eigenvalue weighted by Gasteiger charge is 2.16. The third kappa shape index (κ3) is 4.76. The third-order valence-corrected chi connectivity index (χ3v) is 5.56. The van der Waals surface area contributed by atoms with Gasteiger partial charge in [-0.05, 0) is 49.4 Å². The lowest BCUT2D eigenvalue weighted by Crippen LogP contribution is -2.23. The third-order valence-electron chi connectivity index (χ3n) is 4.52. The van der Waals surface area contributed by atoms with Crippen LogP contribution in [0.3, 0.4) is 0 Å². The fourth-order valence-electron chi connectivity index (χ4n) is 3.12. The zero-order chi connectivity index (χ0) is 22.5. The number of halogens is 1. The largest absolute Gasteiger partial charge is 0.465 e. The van der Waals surface area contributed by atoms with Crippen molar-refractivity contribution in [2.24, 2.45) is 4.99 Å². The van der Waals surface area contributed by atoms with Gasteiger partial charge in [0.15, 0.2) is 4.80 Å². The van der Waals surface area contributed by atoms with Gasteiger partial charge in [-0.2, -0.15) is 4.99 Å². The second kappa shape index (κ2) is 9.57. The molecule has 0 atom stereocenters. The summed E-state index contributed by atoms with van der Waals surface area (Å²) >= 11 is 1.12. The molecule has 162 valence electrons. The summed E-state index contributed by atoms with van der Waals surface area (Å²) in [4.78, 5) is 29.7. The molecule has 0 unspecified atom stereocenters. The van der Waals surface area contributed by atoms with Crippen LogP contribution in [0.2, 0.25) is 0 Å². The summed E-state index contributed by atoms with van der Waals surface area (Å²) in [5, 5.41) is 0. The minimum absolute atomic E-state index is 0.145. The fraction of sp³-hybridized carbons (Fsp3) is 0.125. The predicted octanol–water partition coefficient (Wildman–Crippen LogP) is 4.94. The van der Waals surface area contributed by atoms with Crippen molar-refractivity contribution in [3.05, 3.63) is 89.0 Å². The lowest BCUT2D eigenvalue weighted by atomic mass is 10.2. The number of nitrogens with zero attached hydrogens (tertiary/aromatic N) is 2. The molecule has 0 aliphatic rings. The van der Waals surface area contributed by atoms with E-state index in [1.54, 1.807) is 54.0 Å². The Hall–Kier alpha value is -3.78. The van der Waals surface area contributed by atoms with Gasteiger partial charge in [-0.25, -0.2) is 4.39 Å². The highest BCUT2D eigenvalue weighted by Crippen LogP contribution is 2.26. The maximum absolute atomic E-state index is 13.7. The van der Waals surface area contributed by atoms with E-state index in [1.807, 2.05) is 18.2 Å². The average Bonchev–Trinajstić information content (AvgIpc) is 3.10. The summed E-state index contributed by atoms with van der Waals surface area (Å²) in [5.41, 5.74) is 0.854. The number of carbonyl (C=O) groups is 2. The molecule has 0 bridgehead atoms. The van der Waals surface area contributed by atoms with Crippen LogP contribution in [0.15, 0.2) is 77.8 Å². The standard InChI is InChI=1S/C24H19FN2O4S/c1-2-30-22(28)15-27-19-13-12-16(25)14-21(19)32-24(27)26-23(29)18-10-6-7-11-20(18)31-17-8-4-3-5-9-17/h3-14H,2,15H2,1H3. The molecule has 0 radical (unpaired) electrons. The topological polar surface area (TPSA) is 69.9 Å². The van der Waals surface area contributed by atoms with Crippen molar-refractivity contribution in [3.63, 3.8) is 0 Å². The molecule has 1 aromatic heterocycles. The van der Waals surface area contributed by atoms with Crippen LogP contribution in [-0.4, -0.2) is 23.1 Å². The first kappa shape index (κ1) is 21.5. The van der Waals surface area contributed by atoms with E-state index in [9.17, 15) is 14.0 Å². The van der Waals surface area contributed by atoms with E-state index in [1.165, 1.54) is 12.1 Å². The molecule has 0 saturated heterocycles. The van der Waals surface area contributed by atoms with Gasteiger partial charge in [-0.3, -0.25) is 9.59 Å². The monoisotopic (exact) mass is 450 g/mol. The number of esters is 1. The molecule has 1 amide bonds. The van der Waals surface area contributed by atoms with Crippen molar-refractivity contribution < 1.29 is 23.5 Å². The maximum atomic E-state index is 13.7. The number of ether oxygens (including phenoxy) is 2. The van der Waals surface area contributed by atoms with E-state index >= 15 is 0 Å². The van der Waals surface area contributed by atoms with Crippen LogP contribution in [0.25, 0.3) is 10.2 Å². The van der Waals surface area contributed by atoms with Crippen LogP contribution < -0.4 is 9.54 Å². The van der Waals surface area contributed by atoms with Crippen LogP contribution >= 0.6 is 11.3 Å². The van der Waals surface area contributed by atoms with Gasteiger partial charge in [0.25, 0.3) is 5.91 Å². The molecule has 0 fully saturated rings. The Balaban J connectivity index is 1.76. The lowest BCUT2D eigenvalue weighted by Gasteiger charge is -2.09. The van der Waals surface area contributed by atoms with Gasteiger partial charge in [0.05, 0.1) is 22.4 Å². The average molecular weight is 450 g/mol. The van der Waals surface area contributed by atoms with Gasteiger partial charge >= 0.3 is 5.97 Å². The maximum Gasteiger partial charge on any atom is 0.326 e. The first-order valence-electron chi connectivity index (χ1n) is 9.90. The smallest absolute Gasteiger partial charge is 0.326 e. The molecule has 0 spiro atoms. The summed E-state index contributed by atoms with van der Waals surface area (Å²) in [6.07, 6.45) is 0. The van der Waals surface area contributed by atoms with E-state index in [4.69, 9.17) is 9.47 Å². The summed E-state index contributed by atoms with van der Waals surface area (Å²) in [6, 6.07) is 20.1. The highest BCUT2D eigenvalue weighted by atomic mass is 32.1. The Morgan fingerprint density at radius 2 is 1.78 bits per heavy atom. The number of amides is 1. The van der Waals surface area contributed by atoms with Gasteiger partial charge in [0, 0.05) is 0 Å². The van der Waals surface area contributed by atoms with Crippen molar-refractivity contribution in [2.75, 3.05) is 6.61 Å². The van der Waals surface area contributed by atoms with E-state index in [-0.39, 0.29) is 23.5 Å². The summed E-state index contributed by atoms with van der Waals surface area (Å²) in [6.45, 7) is 1.79. The first-order chi connectivity index (χ1) is 15.5. The first-order valence-corrected chi connectivity index (χ1v) is 10.7. The van der Waals surface area contributed by atoms with Gasteiger partial charge in [-0.15, -0.1) is 0 Å². The second-order valence-electron chi connectivity index (χ2n) is 6.72. The minimum atomic E-state index is -0.541. The normalized spacial score (nSPS) is 11.5. The number of benzene rings is 3. The van der Waals surface area contributed by atoms with Crippen LogP contribution in [0.4, 0.5) is 4.39 Å². The van der Waals surface area contributed by atoms with E-state index in [0.717, 1.165) is 11.3 Å². The number of para-hydroxylation sites is 2. The number of aromatic nitrogens is 1. The Bertz CT molecular complexity index is 1350. The van der Waals surface area contributed by atoms with Gasteiger partial charge in [-0.1, -0.05) is 41.7 Å². The van der Waals surface area contributed by atoms with Crippen LogP contribution in [-0.2, 0) is 16.1 Å². The molecular weight excluding hydrogens is 431 g/mol. The van der Waals surface area contributed by atoms with E-state index in [2.05, 4.69) is 4.99 Å². The molecule has 4 aromatic rings. The molecule has 0 saturated carbocycles. The van der Waals surface area contributed by atoms with Gasteiger partial charge < -0.3 is 14.0 Å². The van der Waals surface area contributed by atoms with Crippen molar-refractivity contribution in [1.82, 2.24) is 4.57 Å². The van der Waals surface area contributed by atoms with E-state index in [0.29, 0.717) is 21.7 Å². The van der Waals surface area contributed by atoms with E-state index < -0.39 is 17.7 Å². The molecular formula is C24H19FN2O4S. The molecule has 1 heterocycles. The minimum Gasteiger partial charge on any atom is -0.465 e. The Kier molecular flexibility index (Phi) is 6.42. The Labute approximate surface area is 187 Å². The Morgan fingerprint density at radius 1 is 1.03 bits per heavy atom. The SMILES string of the molecule is CCOC(=O)Cn1c(=NC(=O)c2ccccc2Oc2ccccc2)sc2cc(F)ccc21. The van der Waals surface area contributed by atoms with Crippen molar-refractivity contribution in [1.29, 1.82) is 0 Å². The van der Waals surface area contributed by atoms with Crippen LogP contribution in [0, 0.1) is 5.82 Å². The summed E-state index contributed by atoms with van der Waals surface area (Å²) in [5.74, 6) is -0.486. The van der Waals surface area contributed by atoms with Crippen molar-refractivity contribution in [2.45, 2.75) is 13.5 Å². The molecule has 6 nitrogen and oxygen atoms in total. The van der Waals surface area contributed by atoms with Crippen molar-refractivity contribution in [3.8, 4) is 11.5 Å². The summed E-state index contributed by atoms with van der Waals surface area (Å²) < 4.78 is 26.8. The van der Waals surface area contributed by atoms with Gasteiger partial charge in [0.2, 0.25) is 0 Å².